The van der Waals surface area contributed by atoms with Crippen molar-refractivity contribution in [2.45, 2.75) is 47.1 Å². The molecule has 244 valence electrons. The van der Waals surface area contributed by atoms with Crippen LogP contribution < -0.4 is 20.3 Å². The van der Waals surface area contributed by atoms with Gasteiger partial charge >= 0.3 is 0 Å². The lowest BCUT2D eigenvalue weighted by Crippen LogP contribution is -2.48. The molecule has 0 atom stereocenters. The molecule has 0 aliphatic carbocycles. The number of hydrogen-bond donors (Lipinski definition) is 3. The average molecular weight is 632 g/mol. The van der Waals surface area contributed by atoms with Crippen LogP contribution >= 0.6 is 0 Å². The minimum absolute atomic E-state index is 0.0391. The fourth-order valence-electron chi connectivity index (χ4n) is 7.17. The minimum Gasteiger partial charge on any atom is -0.507 e. The topological polar surface area (TPSA) is 89.4 Å². The molecule has 6 rings (SSSR count). The van der Waals surface area contributed by atoms with Gasteiger partial charge in [-0.05, 0) is 94.6 Å². The van der Waals surface area contributed by atoms with E-state index in [9.17, 15) is 9.90 Å². The van der Waals surface area contributed by atoms with Gasteiger partial charge in [-0.2, -0.15) is 0 Å². The van der Waals surface area contributed by atoms with Crippen molar-refractivity contribution in [2.75, 3.05) is 54.8 Å². The number of nitrogens with one attached hydrogen (secondary N) is 2. The number of ether oxygens (including phenoxy) is 1. The highest BCUT2D eigenvalue weighted by Gasteiger charge is 2.56. The Kier molecular flexibility index (Phi) is 8.86. The Labute approximate surface area is 278 Å². The van der Waals surface area contributed by atoms with Gasteiger partial charge in [-0.1, -0.05) is 18.2 Å². The molecule has 2 heterocycles. The third-order valence-corrected chi connectivity index (χ3v) is 9.41. The van der Waals surface area contributed by atoms with Crippen LogP contribution in [0, 0.1) is 13.8 Å². The van der Waals surface area contributed by atoms with E-state index in [2.05, 4.69) is 87.4 Å². The number of phenols is 1. The molecule has 0 radical (unpaired) electrons. The Balaban J connectivity index is 1.48. The van der Waals surface area contributed by atoms with Gasteiger partial charge in [-0.25, -0.2) is 0 Å². The first kappa shape index (κ1) is 32.0. The molecule has 2 aliphatic heterocycles. The summed E-state index contributed by atoms with van der Waals surface area (Å²) in [7, 11) is 0. The van der Waals surface area contributed by atoms with Crippen LogP contribution in [-0.4, -0.2) is 61.4 Å². The Morgan fingerprint density at radius 3 is 2.06 bits per heavy atom. The van der Waals surface area contributed by atoms with Crippen LogP contribution in [0.15, 0.2) is 71.7 Å². The van der Waals surface area contributed by atoms with Gasteiger partial charge in [0.1, 0.15) is 22.8 Å². The Hall–Kier alpha value is -4.98. The van der Waals surface area contributed by atoms with Crippen LogP contribution in [0.1, 0.15) is 71.4 Å². The van der Waals surface area contributed by atoms with Gasteiger partial charge in [0.05, 0.1) is 6.54 Å². The van der Waals surface area contributed by atoms with Crippen molar-refractivity contribution in [3.63, 3.8) is 0 Å². The van der Waals surface area contributed by atoms with Crippen molar-refractivity contribution in [3.8, 4) is 17.2 Å². The Morgan fingerprint density at radius 1 is 0.851 bits per heavy atom. The molecule has 0 saturated carbocycles. The molecular weight excluding hydrogens is 586 g/mol. The van der Waals surface area contributed by atoms with Gasteiger partial charge < -0.3 is 30.3 Å². The van der Waals surface area contributed by atoms with Gasteiger partial charge in [0, 0.05) is 90.4 Å². The number of aryl methyl sites for hydroxylation is 2. The highest BCUT2D eigenvalue weighted by Crippen LogP contribution is 2.58. The van der Waals surface area contributed by atoms with E-state index < -0.39 is 5.54 Å². The molecule has 4 aromatic rings. The largest absolute Gasteiger partial charge is 0.507 e. The maximum atomic E-state index is 14.5. The Bertz CT molecular complexity index is 1780. The number of phenolic OH excluding ortho intramolecular Hbond substituents is 1. The normalized spacial score (nSPS) is 14.2. The number of hydrogen-bond acceptors (Lipinski definition) is 7. The second-order valence-corrected chi connectivity index (χ2v) is 12.2. The summed E-state index contributed by atoms with van der Waals surface area (Å²) in [5.41, 5.74) is 8.44. The summed E-state index contributed by atoms with van der Waals surface area (Å²) in [4.78, 5) is 23.4. The van der Waals surface area contributed by atoms with Gasteiger partial charge in [0.15, 0.2) is 0 Å². The summed E-state index contributed by atoms with van der Waals surface area (Å²) < 4.78 is 6.71. The highest BCUT2D eigenvalue weighted by atomic mass is 16.5. The highest BCUT2D eigenvalue weighted by molar-refractivity contribution is 6.02. The van der Waals surface area contributed by atoms with Crippen LogP contribution in [0.5, 0.6) is 17.2 Å². The van der Waals surface area contributed by atoms with Crippen LogP contribution in [-0.2, 0) is 5.54 Å². The van der Waals surface area contributed by atoms with Crippen LogP contribution in [0.2, 0.25) is 0 Å². The molecule has 0 fully saturated rings. The summed E-state index contributed by atoms with van der Waals surface area (Å²) in [5, 5.41) is 17.6. The molecule has 1 spiro atoms. The van der Waals surface area contributed by atoms with E-state index in [-0.39, 0.29) is 11.7 Å². The lowest BCUT2D eigenvalue weighted by Gasteiger charge is -2.44. The lowest BCUT2D eigenvalue weighted by atomic mass is 9.73. The number of nitrogens with zero attached hydrogens (tertiary/aromatic N) is 3. The van der Waals surface area contributed by atoms with E-state index in [1.165, 1.54) is 0 Å². The third kappa shape index (κ3) is 5.35. The smallest absolute Gasteiger partial charge is 0.255 e. The summed E-state index contributed by atoms with van der Waals surface area (Å²) in [5.74, 6) is 1.59. The van der Waals surface area contributed by atoms with Gasteiger partial charge in [-0.3, -0.25) is 9.79 Å². The molecule has 4 aromatic carbocycles. The van der Waals surface area contributed by atoms with Crippen molar-refractivity contribution in [2.24, 2.45) is 4.99 Å². The van der Waals surface area contributed by atoms with Crippen molar-refractivity contribution >= 4 is 29.2 Å². The van der Waals surface area contributed by atoms with Crippen molar-refractivity contribution in [3.05, 3.63) is 106 Å². The molecule has 3 N–H and O–H groups in total. The van der Waals surface area contributed by atoms with Crippen LogP contribution in [0.25, 0.3) is 0 Å². The number of aliphatic imine (C=N–C) groups is 1. The van der Waals surface area contributed by atoms with E-state index in [1.54, 1.807) is 12.3 Å². The molecule has 47 heavy (non-hydrogen) atoms. The van der Waals surface area contributed by atoms with Crippen LogP contribution in [0.4, 0.5) is 17.1 Å². The van der Waals surface area contributed by atoms with Crippen molar-refractivity contribution in [1.82, 2.24) is 4.90 Å². The monoisotopic (exact) mass is 631 g/mol. The standard InChI is InChI=1S/C39H45N5O3/c1-7-41-33-22-36-31(19-25(33)5)39(32-20-26(6)34(42-8-2)23-37(32)47-36)30-14-12-11-13-29(30)38(46)44(39)18-17-40-24-27-21-28(15-16-35(27)45)43(9-3)10-4/h11-16,19-24,41-42,45H,7-10,17-18H2,1-6H3. The number of carbonyl (C=O) groups is 1. The van der Waals surface area contributed by atoms with Gasteiger partial charge in [0.2, 0.25) is 0 Å². The Morgan fingerprint density at radius 2 is 1.47 bits per heavy atom. The molecule has 8 heteroatoms. The molecule has 0 bridgehead atoms. The number of fused-ring (bicyclic) bond motifs is 6. The van der Waals surface area contributed by atoms with E-state index in [4.69, 9.17) is 9.73 Å². The molecule has 1 amide bonds. The summed E-state index contributed by atoms with van der Waals surface area (Å²) in [6, 6.07) is 22.0. The lowest BCUT2D eigenvalue weighted by molar-refractivity contribution is 0.0673. The number of amides is 1. The number of rotatable bonds is 11. The zero-order valence-electron chi connectivity index (χ0n) is 28.3. The number of benzene rings is 4. The number of aromatic hydroxyl groups is 1. The first-order chi connectivity index (χ1) is 22.8. The summed E-state index contributed by atoms with van der Waals surface area (Å²) >= 11 is 0. The fourth-order valence-corrected chi connectivity index (χ4v) is 7.17. The second-order valence-electron chi connectivity index (χ2n) is 12.2. The molecule has 0 unspecified atom stereocenters. The summed E-state index contributed by atoms with van der Waals surface area (Å²) in [6.07, 6.45) is 1.72. The first-order valence-electron chi connectivity index (χ1n) is 16.7. The number of carbonyl (C=O) groups excluding carboxylic acids is 1. The average Bonchev–Trinajstić information content (AvgIpc) is 3.31. The van der Waals surface area contributed by atoms with Gasteiger partial charge in [-0.15, -0.1) is 0 Å². The van der Waals surface area contributed by atoms with Crippen molar-refractivity contribution in [1.29, 1.82) is 0 Å². The predicted molar refractivity (Wildman–Crippen MR) is 192 cm³/mol. The fraction of sp³-hybridized carbons (Fsp3) is 0.333. The van der Waals surface area contributed by atoms with E-state index in [0.717, 1.165) is 82.6 Å². The van der Waals surface area contributed by atoms with E-state index >= 15 is 0 Å². The minimum atomic E-state index is -0.915. The maximum absolute atomic E-state index is 14.5. The first-order valence-corrected chi connectivity index (χ1v) is 16.7. The zero-order chi connectivity index (χ0) is 33.3. The molecule has 8 nitrogen and oxygen atoms in total. The maximum Gasteiger partial charge on any atom is 0.255 e. The molecule has 0 saturated heterocycles. The SMILES string of the molecule is CCNc1cc2c(cc1C)C1(c3cc(C)c(NCC)cc3O2)c2ccccc2C(=O)N1CCN=Cc1cc(N(CC)CC)ccc1O. The zero-order valence-corrected chi connectivity index (χ0v) is 28.3. The molecular formula is C39H45N5O3. The quantitative estimate of drug-likeness (QED) is 0.147. The van der Waals surface area contributed by atoms with Gasteiger partial charge in [0.25, 0.3) is 5.91 Å². The third-order valence-electron chi connectivity index (χ3n) is 9.41. The van der Waals surface area contributed by atoms with E-state index in [0.29, 0.717) is 24.2 Å². The van der Waals surface area contributed by atoms with Crippen LogP contribution in [0.3, 0.4) is 0 Å². The van der Waals surface area contributed by atoms with Crippen molar-refractivity contribution < 1.29 is 14.6 Å². The molecule has 0 aromatic heterocycles. The predicted octanol–water partition coefficient (Wildman–Crippen LogP) is 7.69. The molecule has 2 aliphatic rings. The second kappa shape index (κ2) is 13.0. The summed E-state index contributed by atoms with van der Waals surface area (Å²) in [6.45, 7) is 16.6. The number of anilines is 3. The van der Waals surface area contributed by atoms with E-state index in [1.807, 2.05) is 35.2 Å².